The van der Waals surface area contributed by atoms with Crippen LogP contribution in [0.4, 0.5) is 5.69 Å². The molecule has 1 aliphatic rings. The van der Waals surface area contributed by atoms with E-state index in [0.717, 1.165) is 0 Å². The summed E-state index contributed by atoms with van der Waals surface area (Å²) in [4.78, 5) is 2.18. The maximum absolute atomic E-state index is 2.40. The minimum Gasteiger partial charge on any atom is -0.378 e. The van der Waals surface area contributed by atoms with Crippen molar-refractivity contribution < 1.29 is 0 Å². The number of nitrogens with zero attached hydrogens (tertiary/aromatic N) is 1. The van der Waals surface area contributed by atoms with Gasteiger partial charge in [0.05, 0.1) is 0 Å². The number of rotatable bonds is 3. The zero-order valence-corrected chi connectivity index (χ0v) is 18.1. The highest BCUT2D eigenvalue weighted by molar-refractivity contribution is 5.85. The predicted molar refractivity (Wildman–Crippen MR) is 129 cm³/mol. The number of anilines is 1. The Morgan fingerprint density at radius 1 is 0.533 bits per heavy atom. The SMILES string of the molecule is CN(C)c1ccc2c(c1)C(C)(C)c1cc(-c3cccc(-c4ccccc4)c3)ccc1-2. The van der Waals surface area contributed by atoms with E-state index in [1.54, 1.807) is 0 Å². The minimum absolute atomic E-state index is 0.0102. The Bertz CT molecular complexity index is 1230. The van der Waals surface area contributed by atoms with Gasteiger partial charge in [-0.05, 0) is 68.8 Å². The monoisotopic (exact) mass is 389 g/mol. The van der Waals surface area contributed by atoms with Crippen molar-refractivity contribution in [2.24, 2.45) is 0 Å². The van der Waals surface area contributed by atoms with Gasteiger partial charge in [-0.2, -0.15) is 0 Å². The van der Waals surface area contributed by atoms with Crippen molar-refractivity contribution >= 4 is 5.69 Å². The van der Waals surface area contributed by atoms with E-state index < -0.39 is 0 Å². The summed E-state index contributed by atoms with van der Waals surface area (Å²) in [5.74, 6) is 0. The fourth-order valence-electron chi connectivity index (χ4n) is 4.69. The Morgan fingerprint density at radius 3 is 1.80 bits per heavy atom. The van der Waals surface area contributed by atoms with E-state index in [-0.39, 0.29) is 5.41 Å². The molecule has 0 fully saturated rings. The Balaban J connectivity index is 1.60. The average Bonchev–Trinajstić information content (AvgIpc) is 3.00. The van der Waals surface area contributed by atoms with Gasteiger partial charge in [0.1, 0.15) is 0 Å². The number of benzene rings is 4. The molecule has 0 saturated carbocycles. The fraction of sp³-hybridized carbons (Fsp3) is 0.172. The second-order valence-electron chi connectivity index (χ2n) is 8.96. The van der Waals surface area contributed by atoms with E-state index in [0.29, 0.717) is 0 Å². The molecule has 0 N–H and O–H groups in total. The Morgan fingerprint density at radius 2 is 1.10 bits per heavy atom. The standard InChI is InChI=1S/C29H27N/c1-29(2)27-18-23(22-12-8-11-21(17-22)20-9-6-5-7-10-20)13-15-25(27)26-16-14-24(30(3)4)19-28(26)29/h5-19H,1-4H3. The second-order valence-corrected chi connectivity index (χ2v) is 8.96. The van der Waals surface area contributed by atoms with Gasteiger partial charge in [0.25, 0.3) is 0 Å². The quantitative estimate of drug-likeness (QED) is 0.353. The largest absolute Gasteiger partial charge is 0.378 e. The van der Waals surface area contributed by atoms with Gasteiger partial charge in [-0.25, -0.2) is 0 Å². The van der Waals surface area contributed by atoms with E-state index in [1.807, 2.05) is 0 Å². The number of fused-ring (bicyclic) bond motifs is 3. The normalized spacial score (nSPS) is 13.6. The van der Waals surface area contributed by atoms with E-state index in [9.17, 15) is 0 Å². The fourth-order valence-corrected chi connectivity index (χ4v) is 4.69. The van der Waals surface area contributed by atoms with Crippen LogP contribution in [0.15, 0.2) is 91.0 Å². The van der Waals surface area contributed by atoms with Crippen LogP contribution in [0.2, 0.25) is 0 Å². The molecule has 0 heterocycles. The topological polar surface area (TPSA) is 3.24 Å². The maximum Gasteiger partial charge on any atom is 0.0364 e. The highest BCUT2D eigenvalue weighted by Gasteiger charge is 2.35. The molecule has 0 atom stereocenters. The van der Waals surface area contributed by atoms with E-state index in [2.05, 4.69) is 124 Å². The summed E-state index contributed by atoms with van der Waals surface area (Å²) in [7, 11) is 4.21. The van der Waals surface area contributed by atoms with Gasteiger partial charge in [0.2, 0.25) is 0 Å². The molecule has 0 aromatic heterocycles. The summed E-state index contributed by atoms with van der Waals surface area (Å²) in [5, 5.41) is 0. The molecule has 0 radical (unpaired) electrons. The van der Waals surface area contributed by atoms with Crippen molar-refractivity contribution in [1.29, 1.82) is 0 Å². The first-order chi connectivity index (χ1) is 14.4. The summed E-state index contributed by atoms with van der Waals surface area (Å²) >= 11 is 0. The lowest BCUT2D eigenvalue weighted by Gasteiger charge is -2.23. The van der Waals surface area contributed by atoms with Crippen molar-refractivity contribution in [2.75, 3.05) is 19.0 Å². The van der Waals surface area contributed by atoms with Crippen molar-refractivity contribution in [3.63, 3.8) is 0 Å². The first-order valence-corrected chi connectivity index (χ1v) is 10.6. The van der Waals surface area contributed by atoms with E-state index >= 15 is 0 Å². The Hall–Kier alpha value is -3.32. The van der Waals surface area contributed by atoms with Crippen LogP contribution < -0.4 is 4.90 Å². The highest BCUT2D eigenvalue weighted by Crippen LogP contribution is 2.50. The smallest absolute Gasteiger partial charge is 0.0364 e. The molecule has 1 nitrogen and oxygen atoms in total. The summed E-state index contributed by atoms with van der Waals surface area (Å²) in [5.41, 5.74) is 11.9. The van der Waals surface area contributed by atoms with Crippen molar-refractivity contribution in [3.8, 4) is 33.4 Å². The molecule has 4 aromatic rings. The second kappa shape index (κ2) is 6.88. The Labute approximate surface area is 179 Å². The van der Waals surface area contributed by atoms with Gasteiger partial charge in [0, 0.05) is 25.2 Å². The maximum atomic E-state index is 2.40. The van der Waals surface area contributed by atoms with E-state index in [1.165, 1.54) is 50.2 Å². The van der Waals surface area contributed by atoms with Crippen LogP contribution in [-0.4, -0.2) is 14.1 Å². The Kier molecular flexibility index (Phi) is 4.29. The van der Waals surface area contributed by atoms with Crippen LogP contribution in [0.25, 0.3) is 33.4 Å². The van der Waals surface area contributed by atoms with Gasteiger partial charge in [-0.3, -0.25) is 0 Å². The van der Waals surface area contributed by atoms with Crippen LogP contribution in [-0.2, 0) is 5.41 Å². The molecule has 1 aliphatic carbocycles. The van der Waals surface area contributed by atoms with Crippen LogP contribution in [0, 0.1) is 0 Å². The molecule has 30 heavy (non-hydrogen) atoms. The minimum atomic E-state index is -0.0102. The van der Waals surface area contributed by atoms with Gasteiger partial charge >= 0.3 is 0 Å². The first kappa shape index (κ1) is 18.7. The van der Waals surface area contributed by atoms with Crippen molar-refractivity contribution in [1.82, 2.24) is 0 Å². The predicted octanol–water partition coefficient (Wildman–Crippen LogP) is 7.39. The highest BCUT2D eigenvalue weighted by atomic mass is 15.1. The molecular formula is C29H27N. The zero-order valence-electron chi connectivity index (χ0n) is 18.1. The third kappa shape index (κ3) is 2.93. The van der Waals surface area contributed by atoms with E-state index in [4.69, 9.17) is 0 Å². The first-order valence-electron chi connectivity index (χ1n) is 10.6. The van der Waals surface area contributed by atoms with Crippen LogP contribution >= 0.6 is 0 Å². The third-order valence-electron chi connectivity index (χ3n) is 6.48. The average molecular weight is 390 g/mol. The van der Waals surface area contributed by atoms with Crippen LogP contribution in [0.3, 0.4) is 0 Å². The molecule has 0 unspecified atom stereocenters. The molecule has 0 saturated heterocycles. The molecule has 0 aliphatic heterocycles. The molecule has 0 bridgehead atoms. The molecule has 1 heteroatoms. The summed E-state index contributed by atoms with van der Waals surface area (Å²) in [6.45, 7) is 4.70. The summed E-state index contributed by atoms with van der Waals surface area (Å²) in [6, 6.07) is 33.3. The van der Waals surface area contributed by atoms with Crippen molar-refractivity contribution in [3.05, 3.63) is 102 Å². The van der Waals surface area contributed by atoms with Crippen LogP contribution in [0.5, 0.6) is 0 Å². The molecule has 5 rings (SSSR count). The summed E-state index contributed by atoms with van der Waals surface area (Å²) in [6.07, 6.45) is 0. The van der Waals surface area contributed by atoms with Gasteiger partial charge in [0.15, 0.2) is 0 Å². The summed E-state index contributed by atoms with van der Waals surface area (Å²) < 4.78 is 0. The number of hydrogen-bond acceptors (Lipinski definition) is 1. The van der Waals surface area contributed by atoms with Gasteiger partial charge < -0.3 is 4.90 Å². The lowest BCUT2D eigenvalue weighted by molar-refractivity contribution is 0.660. The zero-order chi connectivity index (χ0) is 20.9. The lowest BCUT2D eigenvalue weighted by atomic mass is 9.81. The third-order valence-corrected chi connectivity index (χ3v) is 6.48. The number of hydrogen-bond donors (Lipinski definition) is 0. The van der Waals surface area contributed by atoms with Crippen LogP contribution in [0.1, 0.15) is 25.0 Å². The molecule has 148 valence electrons. The molecule has 4 aromatic carbocycles. The van der Waals surface area contributed by atoms with Gasteiger partial charge in [-0.15, -0.1) is 0 Å². The molecule has 0 amide bonds. The van der Waals surface area contributed by atoms with Gasteiger partial charge in [-0.1, -0.05) is 80.6 Å². The molecular weight excluding hydrogens is 362 g/mol. The van der Waals surface area contributed by atoms with Crippen molar-refractivity contribution in [2.45, 2.75) is 19.3 Å². The molecule has 0 spiro atoms. The lowest BCUT2D eigenvalue weighted by Crippen LogP contribution is -2.16.